The summed E-state index contributed by atoms with van der Waals surface area (Å²) < 4.78 is 18.3. The van der Waals surface area contributed by atoms with Crippen molar-refractivity contribution >= 4 is 0 Å². The summed E-state index contributed by atoms with van der Waals surface area (Å²) in [4.78, 5) is 0. The Morgan fingerprint density at radius 2 is 1.96 bits per heavy atom. The molecule has 122 valence electrons. The van der Waals surface area contributed by atoms with Crippen LogP contribution in [0.3, 0.4) is 0 Å². The quantitative estimate of drug-likeness (QED) is 0.738. The van der Waals surface area contributed by atoms with Gasteiger partial charge in [0.05, 0.1) is 7.11 Å². The average Bonchev–Trinajstić information content (AvgIpc) is 3.23. The smallest absolute Gasteiger partial charge is 0.231 e. The van der Waals surface area contributed by atoms with Crippen LogP contribution >= 0.6 is 0 Å². The fourth-order valence-corrected chi connectivity index (χ4v) is 2.94. The third-order valence-corrected chi connectivity index (χ3v) is 4.26. The number of fused-ring (bicyclic) bond motifs is 1. The molecule has 2 aromatic carbocycles. The van der Waals surface area contributed by atoms with Gasteiger partial charge in [-0.2, -0.15) is 5.10 Å². The van der Waals surface area contributed by atoms with Crippen molar-refractivity contribution in [1.82, 2.24) is 9.78 Å². The highest BCUT2D eigenvalue weighted by molar-refractivity contribution is 5.74. The molecule has 0 amide bonds. The van der Waals surface area contributed by atoms with Gasteiger partial charge in [0.2, 0.25) is 6.79 Å². The fraction of sp³-hybridized carbons (Fsp3) is 0.211. The first kappa shape index (κ1) is 14.6. The lowest BCUT2D eigenvalue weighted by atomic mass is 9.99. The molecule has 3 aromatic rings. The van der Waals surface area contributed by atoms with E-state index in [9.17, 15) is 0 Å². The molecule has 0 atom stereocenters. The minimum Gasteiger partial charge on any atom is -0.496 e. The molecular formula is C19H18N2O3. The van der Waals surface area contributed by atoms with E-state index in [2.05, 4.69) is 17.2 Å². The predicted molar refractivity (Wildman–Crippen MR) is 90.6 cm³/mol. The number of hydrogen-bond acceptors (Lipinski definition) is 4. The van der Waals surface area contributed by atoms with Gasteiger partial charge in [0.1, 0.15) is 5.75 Å². The van der Waals surface area contributed by atoms with Crippen molar-refractivity contribution in [2.45, 2.75) is 6.42 Å². The van der Waals surface area contributed by atoms with Gasteiger partial charge in [-0.15, -0.1) is 0 Å². The van der Waals surface area contributed by atoms with E-state index in [1.807, 2.05) is 48.3 Å². The zero-order valence-electron chi connectivity index (χ0n) is 13.7. The normalized spacial score (nSPS) is 12.4. The maximum atomic E-state index is 5.54. The van der Waals surface area contributed by atoms with Crippen molar-refractivity contribution in [2.24, 2.45) is 7.05 Å². The van der Waals surface area contributed by atoms with E-state index >= 15 is 0 Å². The van der Waals surface area contributed by atoms with Gasteiger partial charge >= 0.3 is 0 Å². The van der Waals surface area contributed by atoms with Gasteiger partial charge in [-0.3, -0.25) is 4.68 Å². The topological polar surface area (TPSA) is 45.5 Å². The molecule has 1 aliphatic rings. The number of benzene rings is 2. The number of aryl methyl sites for hydroxylation is 1. The molecule has 0 saturated heterocycles. The fourth-order valence-electron chi connectivity index (χ4n) is 2.94. The Morgan fingerprint density at radius 1 is 1.08 bits per heavy atom. The second-order valence-electron chi connectivity index (χ2n) is 5.73. The maximum absolute atomic E-state index is 5.54. The van der Waals surface area contributed by atoms with Crippen LogP contribution in [-0.4, -0.2) is 23.7 Å². The lowest BCUT2D eigenvalue weighted by molar-refractivity contribution is 0.174. The van der Waals surface area contributed by atoms with Crippen molar-refractivity contribution in [2.75, 3.05) is 13.9 Å². The van der Waals surface area contributed by atoms with E-state index < -0.39 is 0 Å². The molecule has 1 aromatic heterocycles. The Labute approximate surface area is 140 Å². The van der Waals surface area contributed by atoms with Crippen LogP contribution in [-0.2, 0) is 13.5 Å². The molecule has 0 N–H and O–H groups in total. The number of methoxy groups -OCH3 is 1. The predicted octanol–water partition coefficient (Wildman–Crippen LogP) is 3.42. The Balaban J connectivity index is 1.73. The largest absolute Gasteiger partial charge is 0.496 e. The lowest BCUT2D eigenvalue weighted by Crippen LogP contribution is -1.99. The summed E-state index contributed by atoms with van der Waals surface area (Å²) in [7, 11) is 3.64. The molecule has 0 unspecified atom stereocenters. The van der Waals surface area contributed by atoms with Gasteiger partial charge in [-0.05, 0) is 41.5 Å². The van der Waals surface area contributed by atoms with E-state index in [1.165, 1.54) is 5.56 Å². The van der Waals surface area contributed by atoms with Crippen LogP contribution in [0, 0.1) is 0 Å². The third-order valence-electron chi connectivity index (χ3n) is 4.26. The van der Waals surface area contributed by atoms with Crippen LogP contribution in [0.15, 0.2) is 48.7 Å². The van der Waals surface area contributed by atoms with E-state index in [0.717, 1.165) is 40.5 Å². The molecule has 4 rings (SSSR count). The standard InChI is InChI=1S/C19H18N2O3/c1-21-15(7-8-20-21)9-13-3-5-17(22-2)16(10-13)14-4-6-18-19(11-14)24-12-23-18/h3-8,10-11H,9,12H2,1-2H3. The molecule has 1 aliphatic heterocycles. The number of aromatic nitrogens is 2. The first-order valence-electron chi connectivity index (χ1n) is 7.78. The molecule has 2 heterocycles. The van der Waals surface area contributed by atoms with Crippen LogP contribution in [0.2, 0.25) is 0 Å². The number of ether oxygens (including phenoxy) is 3. The van der Waals surface area contributed by atoms with Crippen LogP contribution < -0.4 is 14.2 Å². The monoisotopic (exact) mass is 322 g/mol. The molecule has 0 radical (unpaired) electrons. The third kappa shape index (κ3) is 2.58. The van der Waals surface area contributed by atoms with E-state index in [0.29, 0.717) is 0 Å². The molecule has 5 heteroatoms. The molecule has 0 spiro atoms. The summed E-state index contributed by atoms with van der Waals surface area (Å²) in [6.07, 6.45) is 2.63. The number of nitrogens with zero attached hydrogens (tertiary/aromatic N) is 2. The second-order valence-corrected chi connectivity index (χ2v) is 5.73. The average molecular weight is 322 g/mol. The lowest BCUT2D eigenvalue weighted by Gasteiger charge is -2.12. The first-order valence-corrected chi connectivity index (χ1v) is 7.78. The van der Waals surface area contributed by atoms with E-state index in [-0.39, 0.29) is 6.79 Å². The SMILES string of the molecule is COc1ccc(Cc2ccnn2C)cc1-c1ccc2c(c1)OCO2. The van der Waals surface area contributed by atoms with Crippen LogP contribution in [0.1, 0.15) is 11.3 Å². The van der Waals surface area contributed by atoms with Crippen molar-refractivity contribution in [3.8, 4) is 28.4 Å². The summed E-state index contributed by atoms with van der Waals surface area (Å²) in [6, 6.07) is 14.2. The molecule has 0 bridgehead atoms. The molecular weight excluding hydrogens is 304 g/mol. The van der Waals surface area contributed by atoms with Gasteiger partial charge in [0.25, 0.3) is 0 Å². The van der Waals surface area contributed by atoms with Crippen molar-refractivity contribution in [3.63, 3.8) is 0 Å². The van der Waals surface area contributed by atoms with Crippen LogP contribution in [0.5, 0.6) is 17.2 Å². The van der Waals surface area contributed by atoms with Gasteiger partial charge in [0.15, 0.2) is 11.5 Å². The molecule has 0 fully saturated rings. The van der Waals surface area contributed by atoms with Gasteiger partial charge in [-0.1, -0.05) is 12.1 Å². The highest BCUT2D eigenvalue weighted by atomic mass is 16.7. The molecule has 5 nitrogen and oxygen atoms in total. The highest BCUT2D eigenvalue weighted by Gasteiger charge is 2.16. The van der Waals surface area contributed by atoms with Gasteiger partial charge < -0.3 is 14.2 Å². The van der Waals surface area contributed by atoms with Crippen molar-refractivity contribution in [1.29, 1.82) is 0 Å². The Bertz CT molecular complexity index is 886. The first-order chi connectivity index (χ1) is 11.7. The highest BCUT2D eigenvalue weighted by Crippen LogP contribution is 2.39. The Hall–Kier alpha value is -2.95. The summed E-state index contributed by atoms with van der Waals surface area (Å²) >= 11 is 0. The van der Waals surface area contributed by atoms with Crippen LogP contribution in [0.4, 0.5) is 0 Å². The number of rotatable bonds is 4. The zero-order chi connectivity index (χ0) is 16.5. The summed E-state index contributed by atoms with van der Waals surface area (Å²) in [6.45, 7) is 0.274. The zero-order valence-corrected chi connectivity index (χ0v) is 13.7. The molecule has 0 saturated carbocycles. The summed E-state index contributed by atoms with van der Waals surface area (Å²) in [5, 5.41) is 4.23. The van der Waals surface area contributed by atoms with E-state index in [4.69, 9.17) is 14.2 Å². The van der Waals surface area contributed by atoms with Gasteiger partial charge in [0, 0.05) is 30.9 Å². The van der Waals surface area contributed by atoms with Crippen molar-refractivity contribution < 1.29 is 14.2 Å². The second kappa shape index (κ2) is 5.92. The Morgan fingerprint density at radius 3 is 2.75 bits per heavy atom. The molecule has 0 aliphatic carbocycles. The Kier molecular flexibility index (Phi) is 3.61. The maximum Gasteiger partial charge on any atom is 0.231 e. The summed E-state index contributed by atoms with van der Waals surface area (Å²) in [5.74, 6) is 2.39. The van der Waals surface area contributed by atoms with Crippen molar-refractivity contribution in [3.05, 3.63) is 59.9 Å². The van der Waals surface area contributed by atoms with Crippen LogP contribution in [0.25, 0.3) is 11.1 Å². The minimum absolute atomic E-state index is 0.274. The molecule has 24 heavy (non-hydrogen) atoms. The minimum atomic E-state index is 0.274. The summed E-state index contributed by atoms with van der Waals surface area (Å²) in [5.41, 5.74) is 4.45. The van der Waals surface area contributed by atoms with Gasteiger partial charge in [-0.25, -0.2) is 0 Å². The van der Waals surface area contributed by atoms with E-state index in [1.54, 1.807) is 7.11 Å². The number of hydrogen-bond donors (Lipinski definition) is 0.